The van der Waals surface area contributed by atoms with Gasteiger partial charge in [-0.2, -0.15) is 0 Å². The van der Waals surface area contributed by atoms with Crippen molar-refractivity contribution >= 4 is 23.4 Å². The molecular formula is C23H24N4O4. The molecule has 3 heterocycles. The van der Waals surface area contributed by atoms with Gasteiger partial charge in [0.05, 0.1) is 0 Å². The van der Waals surface area contributed by atoms with Crippen LogP contribution in [0.5, 0.6) is 5.75 Å². The number of nitrogens with one attached hydrogen (secondary N) is 3. The van der Waals surface area contributed by atoms with Crippen molar-refractivity contribution in [3.63, 3.8) is 0 Å². The Kier molecular flexibility index (Phi) is 5.07. The fourth-order valence-corrected chi connectivity index (χ4v) is 4.20. The van der Waals surface area contributed by atoms with E-state index in [-0.39, 0.29) is 24.3 Å². The maximum absolute atomic E-state index is 12.9. The first-order valence-corrected chi connectivity index (χ1v) is 10.6. The first-order valence-electron chi connectivity index (χ1n) is 10.6. The summed E-state index contributed by atoms with van der Waals surface area (Å²) in [6.07, 6.45) is 0.862. The summed E-state index contributed by atoms with van der Waals surface area (Å²) in [7, 11) is 0. The average Bonchev–Trinajstić information content (AvgIpc) is 3.07. The van der Waals surface area contributed by atoms with Crippen LogP contribution in [0.1, 0.15) is 34.3 Å². The highest BCUT2D eigenvalue weighted by atomic mass is 16.5. The van der Waals surface area contributed by atoms with Crippen molar-refractivity contribution in [2.45, 2.75) is 38.1 Å². The zero-order valence-corrected chi connectivity index (χ0v) is 17.0. The van der Waals surface area contributed by atoms with Crippen LogP contribution < -0.4 is 20.7 Å². The molecule has 1 unspecified atom stereocenters. The molecule has 3 N–H and O–H groups in total. The largest absolute Gasteiger partial charge is 0.488 e. The van der Waals surface area contributed by atoms with Crippen LogP contribution in [0.4, 0.5) is 5.69 Å². The van der Waals surface area contributed by atoms with Crippen LogP contribution in [0.3, 0.4) is 0 Å². The molecule has 0 aromatic heterocycles. The van der Waals surface area contributed by atoms with Gasteiger partial charge in [0.1, 0.15) is 17.9 Å². The highest BCUT2D eigenvalue weighted by Gasteiger charge is 2.39. The summed E-state index contributed by atoms with van der Waals surface area (Å²) in [4.78, 5) is 38.2. The van der Waals surface area contributed by atoms with Crippen molar-refractivity contribution in [1.82, 2.24) is 15.5 Å². The van der Waals surface area contributed by atoms with Gasteiger partial charge in [0.25, 0.3) is 5.91 Å². The number of ether oxygens (including phenoxy) is 1. The molecule has 0 radical (unpaired) electrons. The number of amides is 3. The van der Waals surface area contributed by atoms with Gasteiger partial charge >= 0.3 is 0 Å². The molecular weight excluding hydrogens is 396 g/mol. The van der Waals surface area contributed by atoms with Crippen molar-refractivity contribution < 1.29 is 19.1 Å². The van der Waals surface area contributed by atoms with Crippen molar-refractivity contribution in [1.29, 1.82) is 0 Å². The molecule has 3 aliphatic heterocycles. The lowest BCUT2D eigenvalue weighted by atomic mass is 10.0. The summed E-state index contributed by atoms with van der Waals surface area (Å²) in [5, 5.41) is 8.92. The monoisotopic (exact) mass is 420 g/mol. The number of carbonyl (C=O) groups is 3. The van der Waals surface area contributed by atoms with Crippen molar-refractivity contribution in [3.8, 4) is 5.75 Å². The minimum Gasteiger partial charge on any atom is -0.488 e. The Morgan fingerprint density at radius 1 is 1.06 bits per heavy atom. The highest BCUT2D eigenvalue weighted by molar-refractivity contribution is 6.05. The SMILES string of the molecule is O=C1CCC(N2Cc3c(CNc4ccc(OC5CNC5)cc4)cccc3C2=O)C(=O)N1. The topological polar surface area (TPSA) is 99.8 Å². The zero-order chi connectivity index (χ0) is 21.4. The summed E-state index contributed by atoms with van der Waals surface area (Å²) in [6, 6.07) is 12.9. The van der Waals surface area contributed by atoms with E-state index < -0.39 is 11.9 Å². The van der Waals surface area contributed by atoms with Crippen molar-refractivity contribution in [2.24, 2.45) is 0 Å². The molecule has 160 valence electrons. The quantitative estimate of drug-likeness (QED) is 0.611. The summed E-state index contributed by atoms with van der Waals surface area (Å²) in [5.74, 6) is 0.0228. The second-order valence-electron chi connectivity index (χ2n) is 8.12. The van der Waals surface area contributed by atoms with Crippen LogP contribution >= 0.6 is 0 Å². The lowest BCUT2D eigenvalue weighted by molar-refractivity contribution is -0.136. The molecule has 31 heavy (non-hydrogen) atoms. The van der Waals surface area contributed by atoms with E-state index in [9.17, 15) is 14.4 Å². The van der Waals surface area contributed by atoms with E-state index in [2.05, 4.69) is 16.0 Å². The number of benzene rings is 2. The summed E-state index contributed by atoms with van der Waals surface area (Å²) >= 11 is 0. The number of imide groups is 1. The minimum absolute atomic E-state index is 0.154. The molecule has 8 heteroatoms. The van der Waals surface area contributed by atoms with Crippen LogP contribution in [0.25, 0.3) is 0 Å². The average molecular weight is 420 g/mol. The number of carbonyl (C=O) groups excluding carboxylic acids is 3. The van der Waals surface area contributed by atoms with Gasteiger partial charge in [-0.15, -0.1) is 0 Å². The smallest absolute Gasteiger partial charge is 0.255 e. The third-order valence-electron chi connectivity index (χ3n) is 6.06. The third-order valence-corrected chi connectivity index (χ3v) is 6.06. The van der Waals surface area contributed by atoms with Gasteiger partial charge in [-0.05, 0) is 47.9 Å². The van der Waals surface area contributed by atoms with Crippen LogP contribution in [0.15, 0.2) is 42.5 Å². The molecule has 5 rings (SSSR count). The number of fused-ring (bicyclic) bond motifs is 1. The van der Waals surface area contributed by atoms with Crippen LogP contribution in [-0.4, -0.2) is 47.9 Å². The van der Waals surface area contributed by atoms with E-state index in [0.717, 1.165) is 35.7 Å². The number of rotatable bonds is 6. The molecule has 1 atom stereocenters. The second kappa shape index (κ2) is 8.03. The number of piperidine rings is 1. The number of hydrogen-bond acceptors (Lipinski definition) is 6. The molecule has 8 nitrogen and oxygen atoms in total. The van der Waals surface area contributed by atoms with E-state index in [4.69, 9.17) is 4.74 Å². The zero-order valence-electron chi connectivity index (χ0n) is 17.0. The maximum atomic E-state index is 12.9. The van der Waals surface area contributed by atoms with E-state index >= 15 is 0 Å². The standard InChI is InChI=1S/C23H24N4O4/c28-21-9-8-20(22(29)26-21)27-13-19-14(2-1-3-18(19)23(27)30)10-25-15-4-6-16(7-5-15)31-17-11-24-12-17/h1-7,17,20,24-25H,8-13H2,(H,26,28,29). The molecule has 0 saturated carbocycles. The third kappa shape index (κ3) is 3.86. The van der Waals surface area contributed by atoms with Gasteiger partial charge in [0.15, 0.2) is 0 Å². The lowest BCUT2D eigenvalue weighted by Crippen LogP contribution is -2.52. The van der Waals surface area contributed by atoms with Gasteiger partial charge in [-0.1, -0.05) is 12.1 Å². The Labute approximate surface area is 179 Å². The van der Waals surface area contributed by atoms with E-state index in [1.165, 1.54) is 0 Å². The van der Waals surface area contributed by atoms with E-state index in [1.807, 2.05) is 36.4 Å². The Morgan fingerprint density at radius 2 is 1.87 bits per heavy atom. The normalized spacial score (nSPS) is 20.8. The Bertz CT molecular complexity index is 1030. The second-order valence-corrected chi connectivity index (χ2v) is 8.12. The molecule has 3 amide bonds. The molecule has 3 aliphatic rings. The van der Waals surface area contributed by atoms with Crippen LogP contribution in [0, 0.1) is 0 Å². The van der Waals surface area contributed by atoms with Gasteiger partial charge in [0.2, 0.25) is 11.8 Å². The Morgan fingerprint density at radius 3 is 2.58 bits per heavy atom. The first-order chi connectivity index (χ1) is 15.1. The molecule has 2 aromatic rings. The van der Waals surface area contributed by atoms with E-state index in [0.29, 0.717) is 25.1 Å². The Hall–Kier alpha value is -3.39. The maximum Gasteiger partial charge on any atom is 0.255 e. The van der Waals surface area contributed by atoms with Gasteiger partial charge in [0, 0.05) is 43.9 Å². The fourth-order valence-electron chi connectivity index (χ4n) is 4.20. The van der Waals surface area contributed by atoms with Crippen molar-refractivity contribution in [3.05, 3.63) is 59.2 Å². The fraction of sp³-hybridized carbons (Fsp3) is 0.348. The van der Waals surface area contributed by atoms with Crippen LogP contribution in [-0.2, 0) is 22.7 Å². The van der Waals surface area contributed by atoms with Gasteiger partial charge in [-0.25, -0.2) is 0 Å². The molecule has 2 aromatic carbocycles. The summed E-state index contributed by atoms with van der Waals surface area (Å²) in [5.41, 5.74) is 3.54. The molecule has 2 fully saturated rings. The van der Waals surface area contributed by atoms with E-state index in [1.54, 1.807) is 11.0 Å². The number of anilines is 1. The summed E-state index contributed by atoms with van der Waals surface area (Å²) < 4.78 is 5.84. The minimum atomic E-state index is -0.600. The van der Waals surface area contributed by atoms with Gasteiger partial charge < -0.3 is 20.3 Å². The first kappa shape index (κ1) is 19.6. The van der Waals surface area contributed by atoms with Crippen molar-refractivity contribution in [2.75, 3.05) is 18.4 Å². The van der Waals surface area contributed by atoms with Crippen LogP contribution in [0.2, 0.25) is 0 Å². The number of nitrogens with zero attached hydrogens (tertiary/aromatic N) is 1. The molecule has 2 saturated heterocycles. The predicted molar refractivity (Wildman–Crippen MR) is 114 cm³/mol. The van der Waals surface area contributed by atoms with Gasteiger partial charge in [-0.3, -0.25) is 19.7 Å². The molecule has 0 aliphatic carbocycles. The Balaban J connectivity index is 1.26. The molecule has 0 bridgehead atoms. The lowest BCUT2D eigenvalue weighted by Gasteiger charge is -2.29. The number of hydrogen-bond donors (Lipinski definition) is 3. The summed E-state index contributed by atoms with van der Waals surface area (Å²) in [6.45, 7) is 2.70. The predicted octanol–water partition coefficient (Wildman–Crippen LogP) is 1.41. The highest BCUT2D eigenvalue weighted by Crippen LogP contribution is 2.30. The molecule has 0 spiro atoms.